The average Bonchev–Trinajstić information content (AvgIpc) is 2.62. The van der Waals surface area contributed by atoms with Gasteiger partial charge in [0.25, 0.3) is 5.91 Å². The number of amides is 1. The Labute approximate surface area is 136 Å². The number of aryl methyl sites for hydroxylation is 4. The molecule has 0 saturated carbocycles. The molecule has 0 saturated heterocycles. The number of aromatic nitrogens is 2. The van der Waals surface area contributed by atoms with Crippen LogP contribution >= 0.6 is 0 Å². The quantitative estimate of drug-likeness (QED) is 0.924. The Morgan fingerprint density at radius 3 is 2.30 bits per heavy atom. The molecule has 3 rings (SSSR count). The fourth-order valence-corrected chi connectivity index (χ4v) is 3.13. The molecular weight excluding hydrogens is 288 g/mol. The van der Waals surface area contributed by atoms with Gasteiger partial charge in [-0.3, -0.25) is 10.2 Å². The van der Waals surface area contributed by atoms with E-state index in [1.807, 2.05) is 34.6 Å². The van der Waals surface area contributed by atoms with E-state index in [2.05, 4.69) is 34.5 Å². The summed E-state index contributed by atoms with van der Waals surface area (Å²) in [4.78, 5) is 21.6. The Morgan fingerprint density at radius 2 is 1.70 bits per heavy atom. The van der Waals surface area contributed by atoms with Crippen LogP contribution < -0.4 is 10.4 Å². The van der Waals surface area contributed by atoms with Crippen LogP contribution in [0.5, 0.6) is 0 Å². The minimum absolute atomic E-state index is 0.0215. The molecule has 2 heterocycles. The maximum atomic E-state index is 12.9. The van der Waals surface area contributed by atoms with Crippen LogP contribution in [0.3, 0.4) is 0 Å². The number of carbonyl (C=O) groups excluding carboxylic acids is 1. The lowest BCUT2D eigenvalue weighted by atomic mass is 9.88. The zero-order valence-electron chi connectivity index (χ0n) is 14.5. The van der Waals surface area contributed by atoms with Gasteiger partial charge in [0.15, 0.2) is 5.82 Å². The first-order chi connectivity index (χ1) is 10.7. The van der Waals surface area contributed by atoms with Crippen molar-refractivity contribution in [3.63, 3.8) is 0 Å². The fraction of sp³-hybridized carbons (Fsp3) is 0.389. The Hall–Kier alpha value is -2.43. The van der Waals surface area contributed by atoms with Crippen molar-refractivity contribution in [3.8, 4) is 0 Å². The zero-order valence-corrected chi connectivity index (χ0v) is 14.5. The second-order valence-corrected chi connectivity index (χ2v) is 6.81. The summed E-state index contributed by atoms with van der Waals surface area (Å²) in [5, 5.41) is 1.56. The average molecular weight is 310 g/mol. The molecule has 1 N–H and O–H groups in total. The van der Waals surface area contributed by atoms with E-state index >= 15 is 0 Å². The Morgan fingerprint density at radius 1 is 1.09 bits per heavy atom. The van der Waals surface area contributed by atoms with Gasteiger partial charge in [-0.25, -0.2) is 15.0 Å². The van der Waals surface area contributed by atoms with Crippen LogP contribution in [0, 0.1) is 27.7 Å². The fourth-order valence-electron chi connectivity index (χ4n) is 3.13. The van der Waals surface area contributed by atoms with E-state index in [1.54, 1.807) is 11.2 Å². The maximum Gasteiger partial charge on any atom is 0.257 e. The standard InChI is InChI=1S/C18H22N4O/c1-10-7-11(2)15(12(3)8-10)21-22-16-14(9-19-13(4)20-16)18(5,6)17(22)23/h7-9,21H,1-6H3. The Balaban J connectivity index is 2.09. The van der Waals surface area contributed by atoms with Gasteiger partial charge in [0.1, 0.15) is 5.82 Å². The normalized spacial score (nSPS) is 15.7. The van der Waals surface area contributed by atoms with Gasteiger partial charge in [0, 0.05) is 11.8 Å². The molecule has 0 unspecified atom stereocenters. The lowest BCUT2D eigenvalue weighted by molar-refractivity contribution is -0.121. The van der Waals surface area contributed by atoms with Gasteiger partial charge in [0.2, 0.25) is 0 Å². The minimum Gasteiger partial charge on any atom is -0.289 e. The number of rotatable bonds is 2. The highest BCUT2D eigenvalue weighted by Gasteiger charge is 2.46. The van der Waals surface area contributed by atoms with E-state index in [-0.39, 0.29) is 5.91 Å². The van der Waals surface area contributed by atoms with Crippen LogP contribution in [0.2, 0.25) is 0 Å². The van der Waals surface area contributed by atoms with Crippen LogP contribution in [0.1, 0.15) is 41.9 Å². The highest BCUT2D eigenvalue weighted by Crippen LogP contribution is 2.40. The van der Waals surface area contributed by atoms with Crippen molar-refractivity contribution in [1.29, 1.82) is 0 Å². The summed E-state index contributed by atoms with van der Waals surface area (Å²) in [6, 6.07) is 4.21. The largest absolute Gasteiger partial charge is 0.289 e. The first-order valence-corrected chi connectivity index (χ1v) is 7.75. The molecule has 120 valence electrons. The van der Waals surface area contributed by atoms with Crippen LogP contribution in [0.4, 0.5) is 11.5 Å². The smallest absolute Gasteiger partial charge is 0.257 e. The molecule has 1 aromatic carbocycles. The molecule has 1 aliphatic heterocycles. The van der Waals surface area contributed by atoms with E-state index in [0.29, 0.717) is 11.6 Å². The summed E-state index contributed by atoms with van der Waals surface area (Å²) >= 11 is 0. The van der Waals surface area contributed by atoms with Crippen LogP contribution in [0.25, 0.3) is 0 Å². The molecule has 1 amide bonds. The van der Waals surface area contributed by atoms with Gasteiger partial charge in [-0.2, -0.15) is 0 Å². The number of nitrogens with one attached hydrogen (secondary N) is 1. The van der Waals surface area contributed by atoms with E-state index in [4.69, 9.17) is 0 Å². The summed E-state index contributed by atoms with van der Waals surface area (Å²) in [6.07, 6.45) is 1.76. The first-order valence-electron chi connectivity index (χ1n) is 7.75. The number of hydrazine groups is 1. The molecule has 0 atom stereocenters. The van der Waals surface area contributed by atoms with Gasteiger partial charge in [-0.05, 0) is 52.7 Å². The van der Waals surface area contributed by atoms with Crippen molar-refractivity contribution in [2.45, 2.75) is 47.0 Å². The molecule has 2 aromatic rings. The third-order valence-corrected chi connectivity index (χ3v) is 4.41. The number of nitrogens with zero attached hydrogens (tertiary/aromatic N) is 3. The number of fused-ring (bicyclic) bond motifs is 1. The third-order valence-electron chi connectivity index (χ3n) is 4.41. The summed E-state index contributed by atoms with van der Waals surface area (Å²) in [5.74, 6) is 1.28. The highest BCUT2D eigenvalue weighted by molar-refractivity contribution is 6.07. The van der Waals surface area contributed by atoms with Crippen molar-refractivity contribution in [2.75, 3.05) is 10.4 Å². The van der Waals surface area contributed by atoms with Crippen molar-refractivity contribution >= 4 is 17.4 Å². The molecule has 0 spiro atoms. The summed E-state index contributed by atoms with van der Waals surface area (Å²) in [6.45, 7) is 11.8. The third kappa shape index (κ3) is 2.36. The van der Waals surface area contributed by atoms with Crippen LogP contribution in [-0.4, -0.2) is 15.9 Å². The van der Waals surface area contributed by atoms with E-state index in [0.717, 1.165) is 22.4 Å². The molecule has 0 radical (unpaired) electrons. The number of carbonyl (C=O) groups is 1. The van der Waals surface area contributed by atoms with Crippen molar-refractivity contribution in [3.05, 3.63) is 46.4 Å². The molecule has 1 aliphatic rings. The van der Waals surface area contributed by atoms with Crippen molar-refractivity contribution in [2.24, 2.45) is 0 Å². The SMILES string of the molecule is Cc1cc(C)c(NN2C(=O)C(C)(C)c3cnc(C)nc32)c(C)c1. The molecule has 0 bridgehead atoms. The predicted octanol–water partition coefficient (Wildman–Crippen LogP) is 3.36. The van der Waals surface area contributed by atoms with Gasteiger partial charge in [-0.1, -0.05) is 17.7 Å². The van der Waals surface area contributed by atoms with Crippen molar-refractivity contribution in [1.82, 2.24) is 9.97 Å². The molecular formula is C18H22N4O. The number of anilines is 2. The number of hydrogen-bond donors (Lipinski definition) is 1. The van der Waals surface area contributed by atoms with E-state index in [1.165, 1.54) is 5.56 Å². The molecule has 23 heavy (non-hydrogen) atoms. The second-order valence-electron chi connectivity index (χ2n) is 6.81. The molecule has 5 heteroatoms. The van der Waals surface area contributed by atoms with Crippen LogP contribution in [-0.2, 0) is 10.2 Å². The van der Waals surface area contributed by atoms with Crippen molar-refractivity contribution < 1.29 is 4.79 Å². The van der Waals surface area contributed by atoms with Gasteiger partial charge >= 0.3 is 0 Å². The molecule has 0 fully saturated rings. The van der Waals surface area contributed by atoms with Crippen LogP contribution in [0.15, 0.2) is 18.3 Å². The molecule has 1 aromatic heterocycles. The van der Waals surface area contributed by atoms with Gasteiger partial charge < -0.3 is 0 Å². The Kier molecular flexibility index (Phi) is 3.39. The predicted molar refractivity (Wildman–Crippen MR) is 91.6 cm³/mol. The summed E-state index contributed by atoms with van der Waals surface area (Å²) in [7, 11) is 0. The Bertz CT molecular complexity index is 788. The minimum atomic E-state index is -0.636. The second kappa shape index (κ2) is 5.05. The van der Waals surface area contributed by atoms with Gasteiger partial charge in [-0.15, -0.1) is 0 Å². The van der Waals surface area contributed by atoms with E-state index in [9.17, 15) is 4.79 Å². The molecule has 0 aliphatic carbocycles. The lowest BCUT2D eigenvalue weighted by Gasteiger charge is -2.23. The number of hydrogen-bond acceptors (Lipinski definition) is 4. The van der Waals surface area contributed by atoms with E-state index < -0.39 is 5.41 Å². The van der Waals surface area contributed by atoms with Gasteiger partial charge in [0.05, 0.1) is 11.1 Å². The highest BCUT2D eigenvalue weighted by atomic mass is 16.2. The lowest BCUT2D eigenvalue weighted by Crippen LogP contribution is -2.40. The molecule has 5 nitrogen and oxygen atoms in total. The topological polar surface area (TPSA) is 58.1 Å². The summed E-state index contributed by atoms with van der Waals surface area (Å²) in [5.41, 5.74) is 7.86. The zero-order chi connectivity index (χ0) is 16.9. The maximum absolute atomic E-state index is 12.9. The first kappa shape index (κ1) is 15.5. The number of benzene rings is 1. The summed E-state index contributed by atoms with van der Waals surface area (Å²) < 4.78 is 0. The monoisotopic (exact) mass is 310 g/mol.